The van der Waals surface area contributed by atoms with Crippen LogP contribution in [0.5, 0.6) is 0 Å². The minimum atomic E-state index is -2.44. The lowest BCUT2D eigenvalue weighted by atomic mass is 9.96. The average molecular weight is 227 g/mol. The second-order valence-electron chi connectivity index (χ2n) is 4.07. The second-order valence-corrected chi connectivity index (χ2v) is 4.07. The Morgan fingerprint density at radius 1 is 1.38 bits per heavy atom. The van der Waals surface area contributed by atoms with Gasteiger partial charge in [0.25, 0.3) is 6.43 Å². The van der Waals surface area contributed by atoms with Gasteiger partial charge < -0.3 is 10.5 Å². The number of halogens is 2. The predicted molar refractivity (Wildman–Crippen MR) is 57.3 cm³/mol. The molecule has 2 unspecified atom stereocenters. The summed E-state index contributed by atoms with van der Waals surface area (Å²) in [6.45, 7) is 0.650. The number of hydrogen-bond donors (Lipinski definition) is 1. The molecule has 0 aliphatic carbocycles. The predicted octanol–water partition coefficient (Wildman–Crippen LogP) is 2.80. The van der Waals surface area contributed by atoms with Gasteiger partial charge in [0, 0.05) is 18.2 Å². The molecule has 2 nitrogen and oxygen atoms in total. The van der Waals surface area contributed by atoms with E-state index in [0.29, 0.717) is 6.61 Å². The van der Waals surface area contributed by atoms with Gasteiger partial charge in [0.1, 0.15) is 0 Å². The second kappa shape index (κ2) is 4.89. The van der Waals surface area contributed by atoms with E-state index in [-0.39, 0.29) is 17.7 Å². The lowest BCUT2D eigenvalue weighted by Crippen LogP contribution is -2.34. The largest absolute Gasteiger partial charge is 0.372 e. The minimum Gasteiger partial charge on any atom is -0.372 e. The van der Waals surface area contributed by atoms with E-state index in [2.05, 4.69) is 0 Å². The van der Waals surface area contributed by atoms with Crippen LogP contribution in [0.4, 0.5) is 8.78 Å². The number of nitrogens with two attached hydrogens (primary N) is 1. The van der Waals surface area contributed by atoms with Gasteiger partial charge in [0.15, 0.2) is 0 Å². The number of benzene rings is 1. The Kier molecular flexibility index (Phi) is 3.51. The average Bonchev–Trinajstić information content (AvgIpc) is 2.30. The summed E-state index contributed by atoms with van der Waals surface area (Å²) >= 11 is 0. The van der Waals surface area contributed by atoms with Crippen LogP contribution in [0.25, 0.3) is 0 Å². The number of hydrogen-bond acceptors (Lipinski definition) is 2. The standard InChI is InChI=1S/C12H15F2NO/c13-12(14)9-4-1-3-8(7-9)11-10(15)5-2-6-16-11/h1,3-4,7,10-12H,2,5-6,15H2. The molecule has 2 rings (SSSR count). The molecule has 16 heavy (non-hydrogen) atoms. The Bertz CT molecular complexity index is 357. The Balaban J connectivity index is 2.21. The van der Waals surface area contributed by atoms with E-state index in [9.17, 15) is 8.78 Å². The van der Waals surface area contributed by atoms with Crippen molar-refractivity contribution >= 4 is 0 Å². The molecule has 0 amide bonds. The zero-order chi connectivity index (χ0) is 11.5. The summed E-state index contributed by atoms with van der Waals surface area (Å²) in [6.07, 6.45) is -0.873. The number of alkyl halides is 2. The molecule has 0 bridgehead atoms. The minimum absolute atomic E-state index is 0.0267. The van der Waals surface area contributed by atoms with Gasteiger partial charge in [0.2, 0.25) is 0 Å². The highest BCUT2D eigenvalue weighted by Crippen LogP contribution is 2.29. The summed E-state index contributed by atoms with van der Waals surface area (Å²) < 4.78 is 30.6. The third-order valence-electron chi connectivity index (χ3n) is 2.86. The zero-order valence-electron chi connectivity index (χ0n) is 8.90. The van der Waals surface area contributed by atoms with Gasteiger partial charge >= 0.3 is 0 Å². The summed E-state index contributed by atoms with van der Waals surface area (Å²) in [7, 11) is 0. The molecular formula is C12H15F2NO. The fourth-order valence-corrected chi connectivity index (χ4v) is 2.02. The first-order chi connectivity index (χ1) is 7.68. The molecule has 1 aliphatic rings. The fraction of sp³-hybridized carbons (Fsp3) is 0.500. The van der Waals surface area contributed by atoms with Crippen molar-refractivity contribution in [1.29, 1.82) is 0 Å². The molecule has 88 valence electrons. The third-order valence-corrected chi connectivity index (χ3v) is 2.86. The maximum Gasteiger partial charge on any atom is 0.263 e. The van der Waals surface area contributed by atoms with Gasteiger partial charge in [-0.15, -0.1) is 0 Å². The monoisotopic (exact) mass is 227 g/mol. The Hall–Kier alpha value is -1.00. The molecule has 1 aromatic carbocycles. The van der Waals surface area contributed by atoms with Crippen LogP contribution in [0.2, 0.25) is 0 Å². The molecule has 1 heterocycles. The number of rotatable bonds is 2. The van der Waals surface area contributed by atoms with Crippen molar-refractivity contribution in [2.45, 2.75) is 31.4 Å². The van der Waals surface area contributed by atoms with Gasteiger partial charge in [-0.3, -0.25) is 0 Å². The van der Waals surface area contributed by atoms with Crippen molar-refractivity contribution < 1.29 is 13.5 Å². The highest BCUT2D eigenvalue weighted by molar-refractivity contribution is 5.27. The molecule has 1 aliphatic heterocycles. The lowest BCUT2D eigenvalue weighted by Gasteiger charge is -2.29. The SMILES string of the molecule is NC1CCCOC1c1cccc(C(F)F)c1. The molecule has 1 fully saturated rings. The molecule has 1 saturated heterocycles. The first kappa shape index (κ1) is 11.5. The van der Waals surface area contributed by atoms with Gasteiger partial charge in [-0.25, -0.2) is 8.78 Å². The molecule has 0 spiro atoms. The van der Waals surface area contributed by atoms with Crippen LogP contribution in [0, 0.1) is 0 Å². The Morgan fingerprint density at radius 3 is 2.88 bits per heavy atom. The van der Waals surface area contributed by atoms with Crippen LogP contribution in [-0.4, -0.2) is 12.6 Å². The van der Waals surface area contributed by atoms with Crippen molar-refractivity contribution in [3.05, 3.63) is 35.4 Å². The van der Waals surface area contributed by atoms with Crippen LogP contribution < -0.4 is 5.73 Å². The van der Waals surface area contributed by atoms with Crippen molar-refractivity contribution in [3.63, 3.8) is 0 Å². The maximum atomic E-state index is 12.5. The lowest BCUT2D eigenvalue weighted by molar-refractivity contribution is -0.0000333. The molecule has 0 aromatic heterocycles. The first-order valence-corrected chi connectivity index (χ1v) is 5.43. The molecule has 2 atom stereocenters. The van der Waals surface area contributed by atoms with Crippen LogP contribution >= 0.6 is 0 Å². The van der Waals surface area contributed by atoms with E-state index < -0.39 is 6.43 Å². The highest BCUT2D eigenvalue weighted by Gasteiger charge is 2.24. The quantitative estimate of drug-likeness (QED) is 0.843. The van der Waals surface area contributed by atoms with E-state index in [1.165, 1.54) is 12.1 Å². The maximum absolute atomic E-state index is 12.5. The molecule has 4 heteroatoms. The van der Waals surface area contributed by atoms with Crippen molar-refractivity contribution in [1.82, 2.24) is 0 Å². The van der Waals surface area contributed by atoms with E-state index in [1.807, 2.05) is 0 Å². The summed E-state index contributed by atoms with van der Waals surface area (Å²) in [5.41, 5.74) is 6.71. The molecule has 2 N–H and O–H groups in total. The van der Waals surface area contributed by atoms with Crippen molar-refractivity contribution in [2.75, 3.05) is 6.61 Å². The smallest absolute Gasteiger partial charge is 0.263 e. The highest BCUT2D eigenvalue weighted by atomic mass is 19.3. The fourth-order valence-electron chi connectivity index (χ4n) is 2.02. The zero-order valence-corrected chi connectivity index (χ0v) is 8.90. The summed E-state index contributed by atoms with van der Waals surface area (Å²) in [5.74, 6) is 0. The summed E-state index contributed by atoms with van der Waals surface area (Å²) in [6, 6.07) is 6.23. The Labute approximate surface area is 93.4 Å². The first-order valence-electron chi connectivity index (χ1n) is 5.43. The van der Waals surface area contributed by atoms with Crippen LogP contribution in [0.3, 0.4) is 0 Å². The molecular weight excluding hydrogens is 212 g/mol. The van der Waals surface area contributed by atoms with E-state index in [0.717, 1.165) is 18.4 Å². The van der Waals surface area contributed by atoms with Crippen LogP contribution in [0.1, 0.15) is 36.5 Å². The van der Waals surface area contributed by atoms with E-state index in [1.54, 1.807) is 12.1 Å². The topological polar surface area (TPSA) is 35.2 Å². The molecule has 1 aromatic rings. The van der Waals surface area contributed by atoms with Crippen LogP contribution in [-0.2, 0) is 4.74 Å². The van der Waals surface area contributed by atoms with Gasteiger partial charge in [-0.05, 0) is 24.5 Å². The normalized spacial score (nSPS) is 26.0. The third kappa shape index (κ3) is 2.39. The van der Waals surface area contributed by atoms with Crippen molar-refractivity contribution in [3.8, 4) is 0 Å². The van der Waals surface area contributed by atoms with E-state index in [4.69, 9.17) is 10.5 Å². The van der Waals surface area contributed by atoms with Crippen LogP contribution in [0.15, 0.2) is 24.3 Å². The summed E-state index contributed by atoms with van der Waals surface area (Å²) in [4.78, 5) is 0. The van der Waals surface area contributed by atoms with Crippen molar-refractivity contribution in [2.24, 2.45) is 5.73 Å². The summed E-state index contributed by atoms with van der Waals surface area (Å²) in [5, 5.41) is 0. The number of ether oxygens (including phenoxy) is 1. The Morgan fingerprint density at radius 2 is 2.19 bits per heavy atom. The molecule has 0 saturated carbocycles. The molecule has 0 radical (unpaired) electrons. The van der Waals surface area contributed by atoms with E-state index >= 15 is 0 Å². The van der Waals surface area contributed by atoms with Gasteiger partial charge in [-0.2, -0.15) is 0 Å². The van der Waals surface area contributed by atoms with Gasteiger partial charge in [-0.1, -0.05) is 18.2 Å². The van der Waals surface area contributed by atoms with Gasteiger partial charge in [0.05, 0.1) is 6.10 Å².